The highest BCUT2D eigenvalue weighted by molar-refractivity contribution is 5.27. The highest BCUT2D eigenvalue weighted by atomic mass is 19.1. The van der Waals surface area contributed by atoms with Crippen LogP contribution < -0.4 is 0 Å². The maximum Gasteiger partial charge on any atom is 0.0966 e. The number of ether oxygens (including phenoxy) is 1. The van der Waals surface area contributed by atoms with Crippen molar-refractivity contribution in [1.82, 2.24) is 0 Å². The van der Waals surface area contributed by atoms with Crippen LogP contribution in [0.25, 0.3) is 0 Å². The fraction of sp³-hybridized carbons (Fsp3) is 0.923. The first-order chi connectivity index (χ1) is 13.1. The van der Waals surface area contributed by atoms with Gasteiger partial charge in [0.1, 0.15) is 0 Å². The summed E-state index contributed by atoms with van der Waals surface area (Å²) in [5, 5.41) is 0. The first-order valence-corrected chi connectivity index (χ1v) is 12.1. The molecule has 158 valence electrons. The highest BCUT2D eigenvalue weighted by Gasteiger charge is 2.67. The summed E-state index contributed by atoms with van der Waals surface area (Å²) in [4.78, 5) is 0. The van der Waals surface area contributed by atoms with Gasteiger partial charge in [0.05, 0.1) is 17.5 Å². The summed E-state index contributed by atoms with van der Waals surface area (Å²) in [6, 6.07) is 0. The fourth-order valence-corrected chi connectivity index (χ4v) is 9.41. The summed E-state index contributed by atoms with van der Waals surface area (Å²) in [5.41, 5.74) is 1.70. The van der Waals surface area contributed by atoms with Crippen molar-refractivity contribution >= 4 is 0 Å². The van der Waals surface area contributed by atoms with E-state index in [0.717, 1.165) is 29.7 Å². The van der Waals surface area contributed by atoms with E-state index in [1.165, 1.54) is 44.9 Å². The standard InChI is InChI=1S/C26H41FO/c1-15-9-11-26(6)20-10-12-25(5)18(16(2)27)7-8-19(25)22(20)23-17(21(26)13-15)14-24(3,4)28-23/h15,17,19-23H,7-14H2,1-6H3/b18-16+/t15-,17+,19?,20?,21?,22?,23-,25+,26+/m0/s1. The third kappa shape index (κ3) is 2.51. The summed E-state index contributed by atoms with van der Waals surface area (Å²) in [6.07, 6.45) is 10.5. The molecule has 2 heteroatoms. The SMILES string of the molecule is C/C(F)=C1/CCC2C3C(CC[C@]12C)[C@@]1(C)CC[C@H](C)CC1[C@H]1CC(C)(C)O[C@H]31. The summed E-state index contributed by atoms with van der Waals surface area (Å²) in [6.45, 7) is 13.9. The molecule has 0 aromatic carbocycles. The number of hydrogen-bond acceptors (Lipinski definition) is 1. The summed E-state index contributed by atoms with van der Waals surface area (Å²) >= 11 is 0. The Balaban J connectivity index is 1.59. The van der Waals surface area contributed by atoms with Crippen molar-refractivity contribution in [1.29, 1.82) is 0 Å². The van der Waals surface area contributed by atoms with E-state index in [1.807, 2.05) is 0 Å². The number of fused-ring (bicyclic) bond motifs is 8. The van der Waals surface area contributed by atoms with E-state index in [0.29, 0.717) is 29.3 Å². The van der Waals surface area contributed by atoms with Crippen LogP contribution in [0.5, 0.6) is 0 Å². The summed E-state index contributed by atoms with van der Waals surface area (Å²) in [5.74, 6) is 4.54. The van der Waals surface area contributed by atoms with Crippen LogP contribution in [0.3, 0.4) is 0 Å². The molecular formula is C26H41FO. The Kier molecular flexibility index (Phi) is 4.25. The van der Waals surface area contributed by atoms with Crippen LogP contribution in [0.15, 0.2) is 11.4 Å². The Morgan fingerprint density at radius 3 is 2.46 bits per heavy atom. The number of allylic oxidation sites excluding steroid dienone is 2. The average Bonchev–Trinajstić information content (AvgIpc) is 3.12. The molecule has 1 aliphatic heterocycles. The van der Waals surface area contributed by atoms with Gasteiger partial charge in [-0.25, -0.2) is 4.39 Å². The monoisotopic (exact) mass is 388 g/mol. The second kappa shape index (κ2) is 6.08. The first-order valence-electron chi connectivity index (χ1n) is 12.1. The van der Waals surface area contributed by atoms with E-state index in [9.17, 15) is 4.39 Å². The molecular weight excluding hydrogens is 347 g/mol. The lowest BCUT2D eigenvalue weighted by molar-refractivity contribution is -0.189. The minimum atomic E-state index is 0.00689. The van der Waals surface area contributed by atoms with Gasteiger partial charge in [0.2, 0.25) is 0 Å². The molecule has 0 N–H and O–H groups in total. The second-order valence-electron chi connectivity index (χ2n) is 12.5. The van der Waals surface area contributed by atoms with Crippen molar-refractivity contribution in [2.24, 2.45) is 46.3 Å². The number of halogens is 1. The van der Waals surface area contributed by atoms with Gasteiger partial charge >= 0.3 is 0 Å². The molecule has 4 saturated carbocycles. The quantitative estimate of drug-likeness (QED) is 0.422. The minimum Gasteiger partial charge on any atom is -0.372 e. The van der Waals surface area contributed by atoms with Crippen molar-refractivity contribution in [3.63, 3.8) is 0 Å². The summed E-state index contributed by atoms with van der Waals surface area (Å²) in [7, 11) is 0. The molecule has 5 aliphatic rings. The van der Waals surface area contributed by atoms with Crippen molar-refractivity contribution in [3.8, 4) is 0 Å². The molecule has 4 aliphatic carbocycles. The van der Waals surface area contributed by atoms with Gasteiger partial charge < -0.3 is 4.74 Å². The lowest BCUT2D eigenvalue weighted by Crippen LogP contribution is -2.60. The predicted octanol–water partition coefficient (Wildman–Crippen LogP) is 7.31. The normalized spacial score (nSPS) is 56.5. The zero-order chi connectivity index (χ0) is 20.1. The Labute approximate surface area is 171 Å². The van der Waals surface area contributed by atoms with E-state index >= 15 is 0 Å². The Morgan fingerprint density at radius 1 is 1.00 bits per heavy atom. The van der Waals surface area contributed by atoms with Crippen LogP contribution in [0.2, 0.25) is 0 Å². The highest BCUT2D eigenvalue weighted by Crippen LogP contribution is 2.71. The van der Waals surface area contributed by atoms with Crippen LogP contribution >= 0.6 is 0 Å². The first kappa shape index (κ1) is 19.6. The van der Waals surface area contributed by atoms with Crippen LogP contribution in [0.4, 0.5) is 4.39 Å². The molecule has 0 amide bonds. The Morgan fingerprint density at radius 2 is 1.75 bits per heavy atom. The fourth-order valence-electron chi connectivity index (χ4n) is 9.41. The summed E-state index contributed by atoms with van der Waals surface area (Å²) < 4.78 is 21.4. The molecule has 4 unspecified atom stereocenters. The van der Waals surface area contributed by atoms with E-state index in [4.69, 9.17) is 4.74 Å². The molecule has 0 bridgehead atoms. The average molecular weight is 389 g/mol. The molecule has 9 atom stereocenters. The van der Waals surface area contributed by atoms with Gasteiger partial charge in [0.25, 0.3) is 0 Å². The molecule has 5 rings (SSSR count). The van der Waals surface area contributed by atoms with Gasteiger partial charge in [-0.3, -0.25) is 0 Å². The van der Waals surface area contributed by atoms with Crippen LogP contribution in [-0.4, -0.2) is 11.7 Å². The molecule has 28 heavy (non-hydrogen) atoms. The van der Waals surface area contributed by atoms with Gasteiger partial charge in [-0.15, -0.1) is 0 Å². The molecule has 5 fully saturated rings. The molecule has 0 radical (unpaired) electrons. The third-order valence-corrected chi connectivity index (χ3v) is 10.6. The van der Waals surface area contributed by atoms with Gasteiger partial charge in [-0.2, -0.15) is 0 Å². The Bertz CT molecular complexity index is 691. The van der Waals surface area contributed by atoms with Gasteiger partial charge in [-0.1, -0.05) is 27.2 Å². The van der Waals surface area contributed by atoms with Crippen LogP contribution in [-0.2, 0) is 4.74 Å². The minimum absolute atomic E-state index is 0.00689. The lowest BCUT2D eigenvalue weighted by Gasteiger charge is -2.64. The molecule has 0 aromatic rings. The Hall–Kier alpha value is -0.370. The van der Waals surface area contributed by atoms with Crippen molar-refractivity contribution in [2.75, 3.05) is 0 Å². The molecule has 1 heterocycles. The van der Waals surface area contributed by atoms with Gasteiger partial charge in [0.15, 0.2) is 0 Å². The zero-order valence-electron chi connectivity index (χ0n) is 19.0. The maximum atomic E-state index is 14.5. The predicted molar refractivity (Wildman–Crippen MR) is 113 cm³/mol. The van der Waals surface area contributed by atoms with E-state index in [1.54, 1.807) is 6.92 Å². The zero-order valence-corrected chi connectivity index (χ0v) is 19.0. The largest absolute Gasteiger partial charge is 0.372 e. The van der Waals surface area contributed by atoms with Crippen LogP contribution in [0, 0.1) is 46.3 Å². The van der Waals surface area contributed by atoms with E-state index in [2.05, 4.69) is 34.6 Å². The van der Waals surface area contributed by atoms with Gasteiger partial charge in [-0.05, 0) is 118 Å². The van der Waals surface area contributed by atoms with Crippen molar-refractivity contribution in [3.05, 3.63) is 11.4 Å². The van der Waals surface area contributed by atoms with Gasteiger partial charge in [0, 0.05) is 0 Å². The van der Waals surface area contributed by atoms with Crippen molar-refractivity contribution in [2.45, 2.75) is 105 Å². The second-order valence-corrected chi connectivity index (χ2v) is 12.5. The molecule has 0 aromatic heterocycles. The van der Waals surface area contributed by atoms with Crippen LogP contribution in [0.1, 0.15) is 92.9 Å². The van der Waals surface area contributed by atoms with E-state index in [-0.39, 0.29) is 16.8 Å². The molecule has 0 spiro atoms. The van der Waals surface area contributed by atoms with Crippen molar-refractivity contribution < 1.29 is 9.13 Å². The van der Waals surface area contributed by atoms with E-state index < -0.39 is 0 Å². The molecule has 1 saturated heterocycles. The topological polar surface area (TPSA) is 9.23 Å². The third-order valence-electron chi connectivity index (χ3n) is 10.6. The lowest BCUT2D eigenvalue weighted by atomic mass is 9.41. The smallest absolute Gasteiger partial charge is 0.0966 e. The number of hydrogen-bond donors (Lipinski definition) is 0. The molecule has 1 nitrogen and oxygen atoms in total. The number of rotatable bonds is 0. The maximum absolute atomic E-state index is 14.5.